The third-order valence-corrected chi connectivity index (χ3v) is 7.33. The van der Waals surface area contributed by atoms with E-state index in [1.54, 1.807) is 16.3 Å². The van der Waals surface area contributed by atoms with Crippen molar-refractivity contribution in [2.75, 3.05) is 11.1 Å². The first kappa shape index (κ1) is 21.7. The van der Waals surface area contributed by atoms with Crippen LogP contribution in [0.1, 0.15) is 29.3 Å². The van der Waals surface area contributed by atoms with Crippen molar-refractivity contribution in [3.8, 4) is 0 Å². The molecule has 0 radical (unpaired) electrons. The Hall–Kier alpha value is -2.51. The molecule has 0 bridgehead atoms. The Labute approximate surface area is 190 Å². The van der Waals surface area contributed by atoms with Gasteiger partial charge in [-0.25, -0.2) is 4.98 Å². The first-order valence-corrected chi connectivity index (χ1v) is 12.1. The Morgan fingerprint density at radius 2 is 2.00 bits per heavy atom. The lowest BCUT2D eigenvalue weighted by Gasteiger charge is -2.14. The van der Waals surface area contributed by atoms with Gasteiger partial charge in [-0.3, -0.25) is 14.2 Å². The molecule has 0 unspecified atom stereocenters. The summed E-state index contributed by atoms with van der Waals surface area (Å²) in [6.07, 6.45) is 0.781. The van der Waals surface area contributed by atoms with E-state index >= 15 is 0 Å². The van der Waals surface area contributed by atoms with Crippen molar-refractivity contribution >= 4 is 35.1 Å². The number of hydrogen-bond acceptors (Lipinski definition) is 5. The second-order valence-electron chi connectivity index (χ2n) is 7.83. The Bertz CT molecular complexity index is 1180. The van der Waals surface area contributed by atoms with Gasteiger partial charge in [-0.2, -0.15) is 0 Å². The summed E-state index contributed by atoms with van der Waals surface area (Å²) in [7, 11) is 0. The van der Waals surface area contributed by atoms with Gasteiger partial charge in [0.25, 0.3) is 5.56 Å². The van der Waals surface area contributed by atoms with E-state index in [4.69, 9.17) is 4.98 Å². The number of hydrogen-bond donors (Lipinski definition) is 1. The van der Waals surface area contributed by atoms with Crippen LogP contribution < -0.4 is 10.9 Å². The maximum absolute atomic E-state index is 13.2. The highest BCUT2D eigenvalue weighted by molar-refractivity contribution is 8.00. The predicted molar refractivity (Wildman–Crippen MR) is 128 cm³/mol. The highest BCUT2D eigenvalue weighted by Gasteiger charge is 2.26. The summed E-state index contributed by atoms with van der Waals surface area (Å²) < 4.78 is 1.70. The van der Waals surface area contributed by atoms with Gasteiger partial charge in [-0.15, -0.1) is 11.8 Å². The van der Waals surface area contributed by atoms with E-state index in [0.717, 1.165) is 39.4 Å². The first-order valence-electron chi connectivity index (χ1n) is 10.2. The number of nitrogens with zero attached hydrogens (tertiary/aromatic N) is 2. The van der Waals surface area contributed by atoms with E-state index in [1.165, 1.54) is 11.8 Å². The van der Waals surface area contributed by atoms with Crippen molar-refractivity contribution in [3.05, 3.63) is 81.3 Å². The molecule has 3 aromatic rings. The molecule has 5 nitrogen and oxygen atoms in total. The SMILES string of the molecule is Cc1ccc(NC(=O)CSc2nc3c(c(=O)n2Cc2ccccc2)S[C@H](C)C3)c(C)c1. The molecule has 7 heteroatoms. The summed E-state index contributed by atoms with van der Waals surface area (Å²) in [6.45, 7) is 6.56. The fraction of sp³-hybridized carbons (Fsp3) is 0.292. The number of benzene rings is 2. The molecule has 0 aliphatic carbocycles. The van der Waals surface area contributed by atoms with Crippen LogP contribution in [0.25, 0.3) is 0 Å². The Kier molecular flexibility index (Phi) is 6.53. The molecule has 0 spiro atoms. The highest BCUT2D eigenvalue weighted by Crippen LogP contribution is 2.34. The number of aryl methyl sites for hydroxylation is 2. The van der Waals surface area contributed by atoms with Crippen molar-refractivity contribution in [2.24, 2.45) is 0 Å². The van der Waals surface area contributed by atoms with Crippen LogP contribution in [0.3, 0.4) is 0 Å². The third-order valence-electron chi connectivity index (χ3n) is 5.13. The minimum atomic E-state index is -0.110. The third kappa shape index (κ3) is 5.05. The van der Waals surface area contributed by atoms with E-state index in [0.29, 0.717) is 17.0 Å². The summed E-state index contributed by atoms with van der Waals surface area (Å²) in [5.74, 6) is 0.0800. The van der Waals surface area contributed by atoms with Gasteiger partial charge >= 0.3 is 0 Å². The summed E-state index contributed by atoms with van der Waals surface area (Å²) in [6, 6.07) is 15.8. The number of aromatic nitrogens is 2. The molecule has 0 fully saturated rings. The average Bonchev–Trinajstić information content (AvgIpc) is 3.12. The maximum Gasteiger partial charge on any atom is 0.268 e. The highest BCUT2D eigenvalue weighted by atomic mass is 32.2. The van der Waals surface area contributed by atoms with Crippen LogP contribution in [0.4, 0.5) is 5.69 Å². The topological polar surface area (TPSA) is 64.0 Å². The van der Waals surface area contributed by atoms with Gasteiger partial charge < -0.3 is 5.32 Å². The average molecular weight is 452 g/mol. The number of amides is 1. The summed E-state index contributed by atoms with van der Waals surface area (Å²) in [5.41, 5.74) is 4.86. The normalized spacial score (nSPS) is 15.0. The molecule has 1 aliphatic rings. The van der Waals surface area contributed by atoms with E-state index in [9.17, 15) is 9.59 Å². The Morgan fingerprint density at radius 1 is 1.23 bits per heavy atom. The zero-order valence-corrected chi connectivity index (χ0v) is 19.5. The lowest BCUT2D eigenvalue weighted by molar-refractivity contribution is -0.113. The number of carbonyl (C=O) groups is 1. The molecular formula is C24H25N3O2S2. The van der Waals surface area contributed by atoms with Crippen molar-refractivity contribution in [1.29, 1.82) is 0 Å². The minimum absolute atomic E-state index is 0.0134. The zero-order chi connectivity index (χ0) is 22.0. The van der Waals surface area contributed by atoms with Gasteiger partial charge in [-0.1, -0.05) is 66.7 Å². The van der Waals surface area contributed by atoms with Crippen LogP contribution in [0.15, 0.2) is 63.4 Å². The molecule has 0 saturated heterocycles. The molecule has 1 atom stereocenters. The van der Waals surface area contributed by atoms with E-state index in [-0.39, 0.29) is 17.2 Å². The van der Waals surface area contributed by atoms with Gasteiger partial charge in [0.05, 0.1) is 22.9 Å². The number of nitrogens with one attached hydrogen (secondary N) is 1. The van der Waals surface area contributed by atoms with Crippen LogP contribution in [0, 0.1) is 13.8 Å². The zero-order valence-electron chi connectivity index (χ0n) is 17.8. The first-order chi connectivity index (χ1) is 14.9. The van der Waals surface area contributed by atoms with Crippen molar-refractivity contribution in [1.82, 2.24) is 9.55 Å². The Balaban J connectivity index is 1.56. The standard InChI is InChI=1S/C24H25N3O2S2/c1-15-9-10-19(16(2)11-15)25-21(28)14-30-24-26-20-12-17(3)31-22(20)23(29)27(24)13-18-7-5-4-6-8-18/h4-11,17H,12-14H2,1-3H3,(H,25,28)/t17-/m1/s1. The molecule has 1 aromatic heterocycles. The van der Waals surface area contributed by atoms with E-state index in [2.05, 4.69) is 12.2 Å². The lowest BCUT2D eigenvalue weighted by atomic mass is 10.1. The smallest absolute Gasteiger partial charge is 0.268 e. The molecule has 2 aromatic carbocycles. The van der Waals surface area contributed by atoms with Gasteiger partial charge in [-0.05, 0) is 31.0 Å². The van der Waals surface area contributed by atoms with Gasteiger partial charge in [0.2, 0.25) is 5.91 Å². The van der Waals surface area contributed by atoms with E-state index < -0.39 is 0 Å². The summed E-state index contributed by atoms with van der Waals surface area (Å²) in [5, 5.41) is 3.91. The molecule has 4 rings (SSSR count). The molecule has 0 saturated carbocycles. The number of rotatable bonds is 6. The molecule has 1 aliphatic heterocycles. The van der Waals surface area contributed by atoms with Crippen molar-refractivity contribution in [3.63, 3.8) is 0 Å². The monoisotopic (exact) mass is 451 g/mol. The molecule has 2 heterocycles. The maximum atomic E-state index is 13.2. The molecule has 1 N–H and O–H groups in total. The van der Waals surface area contributed by atoms with Gasteiger partial charge in [0.1, 0.15) is 0 Å². The molecular weight excluding hydrogens is 426 g/mol. The Morgan fingerprint density at radius 3 is 2.74 bits per heavy atom. The second kappa shape index (κ2) is 9.32. The lowest BCUT2D eigenvalue weighted by Crippen LogP contribution is -2.26. The minimum Gasteiger partial charge on any atom is -0.325 e. The van der Waals surface area contributed by atoms with Crippen LogP contribution in [-0.2, 0) is 17.8 Å². The molecule has 31 heavy (non-hydrogen) atoms. The predicted octanol–water partition coefficient (Wildman–Crippen LogP) is 4.68. The summed E-state index contributed by atoms with van der Waals surface area (Å²) in [4.78, 5) is 31.4. The number of thioether (sulfide) groups is 2. The van der Waals surface area contributed by atoms with Crippen LogP contribution in [-0.4, -0.2) is 26.5 Å². The van der Waals surface area contributed by atoms with Gasteiger partial charge in [0, 0.05) is 17.4 Å². The second-order valence-corrected chi connectivity index (χ2v) is 10.2. The largest absolute Gasteiger partial charge is 0.325 e. The number of fused-ring (bicyclic) bond motifs is 1. The molecule has 160 valence electrons. The van der Waals surface area contributed by atoms with Crippen molar-refractivity contribution < 1.29 is 4.79 Å². The van der Waals surface area contributed by atoms with Crippen LogP contribution >= 0.6 is 23.5 Å². The summed E-state index contributed by atoms with van der Waals surface area (Å²) >= 11 is 2.91. The van der Waals surface area contributed by atoms with Gasteiger partial charge in [0.15, 0.2) is 5.16 Å². The number of carbonyl (C=O) groups excluding carboxylic acids is 1. The quantitative estimate of drug-likeness (QED) is 0.436. The van der Waals surface area contributed by atoms with Crippen LogP contribution in [0.2, 0.25) is 0 Å². The van der Waals surface area contributed by atoms with E-state index in [1.807, 2.05) is 62.4 Å². The van der Waals surface area contributed by atoms with Crippen LogP contribution in [0.5, 0.6) is 0 Å². The number of anilines is 1. The van der Waals surface area contributed by atoms with Crippen molar-refractivity contribution in [2.45, 2.75) is 49.0 Å². The fourth-order valence-electron chi connectivity index (χ4n) is 3.62. The molecule has 1 amide bonds. The fourth-order valence-corrected chi connectivity index (χ4v) is 5.55.